The number of ether oxygens (including phenoxy) is 1. The lowest BCUT2D eigenvalue weighted by atomic mass is 10.2. The van der Waals surface area contributed by atoms with Crippen molar-refractivity contribution in [2.24, 2.45) is 0 Å². The number of methoxy groups -OCH3 is 1. The Morgan fingerprint density at radius 3 is 2.77 bits per heavy atom. The van der Waals surface area contributed by atoms with Crippen LogP contribution in [0.5, 0.6) is 5.75 Å². The van der Waals surface area contributed by atoms with Crippen molar-refractivity contribution < 1.29 is 4.74 Å². The maximum atomic E-state index is 6.08. The van der Waals surface area contributed by atoms with Crippen LogP contribution in [0, 0.1) is 0 Å². The number of rotatable bonds is 4. The molecule has 2 aromatic carbocycles. The summed E-state index contributed by atoms with van der Waals surface area (Å²) in [4.78, 5) is 4.75. The molecule has 0 aliphatic heterocycles. The van der Waals surface area contributed by atoms with E-state index in [-0.39, 0.29) is 0 Å². The molecule has 22 heavy (non-hydrogen) atoms. The quantitative estimate of drug-likeness (QED) is 0.587. The molecule has 0 radical (unpaired) electrons. The third-order valence-corrected chi connectivity index (χ3v) is 3.57. The lowest BCUT2D eigenvalue weighted by Gasteiger charge is -2.10. The summed E-state index contributed by atoms with van der Waals surface area (Å²) in [5.41, 5.74) is 10.7. The average molecular weight is 293 g/mol. The lowest BCUT2D eigenvalue weighted by molar-refractivity contribution is 0.415. The molecule has 4 nitrogen and oxygen atoms in total. The Balaban J connectivity index is 2.27. The van der Waals surface area contributed by atoms with Gasteiger partial charge in [-0.25, -0.2) is 4.98 Å². The van der Waals surface area contributed by atoms with E-state index >= 15 is 0 Å². The summed E-state index contributed by atoms with van der Waals surface area (Å²) < 4.78 is 7.46. The van der Waals surface area contributed by atoms with Crippen molar-refractivity contribution in [3.05, 3.63) is 54.6 Å². The molecule has 1 aromatic heterocycles. The summed E-state index contributed by atoms with van der Waals surface area (Å²) in [6.45, 7) is 6.73. The van der Waals surface area contributed by atoms with Crippen LogP contribution in [0.15, 0.2) is 54.6 Å². The van der Waals surface area contributed by atoms with E-state index in [0.29, 0.717) is 12.2 Å². The Morgan fingerprint density at radius 2 is 2.05 bits per heavy atom. The van der Waals surface area contributed by atoms with Crippen LogP contribution in [-0.2, 0) is 6.54 Å². The van der Waals surface area contributed by atoms with E-state index in [1.165, 1.54) is 0 Å². The number of nitrogens with two attached hydrogens (primary N) is 1. The van der Waals surface area contributed by atoms with E-state index in [1.54, 1.807) is 7.11 Å². The number of nitrogens with zero attached hydrogens (tertiary/aromatic N) is 2. The highest BCUT2D eigenvalue weighted by Crippen LogP contribution is 2.30. The van der Waals surface area contributed by atoms with Crippen LogP contribution in [0.2, 0.25) is 0 Å². The minimum Gasteiger partial charge on any atom is -0.497 e. The Bertz CT molecular complexity index is 849. The maximum Gasteiger partial charge on any atom is 0.141 e. The number of aromatic nitrogens is 2. The van der Waals surface area contributed by atoms with Gasteiger partial charge in [-0.15, -0.1) is 0 Å². The fraction of sp³-hybridized carbons (Fsp3) is 0.167. The fourth-order valence-corrected chi connectivity index (χ4v) is 2.58. The summed E-state index contributed by atoms with van der Waals surface area (Å²) >= 11 is 0. The fourth-order valence-electron chi connectivity index (χ4n) is 2.58. The predicted octanol–water partition coefficient (Wildman–Crippen LogP) is 3.87. The normalized spacial score (nSPS) is 10.8. The summed E-state index contributed by atoms with van der Waals surface area (Å²) in [7, 11) is 1.66. The van der Waals surface area contributed by atoms with E-state index in [1.807, 2.05) is 49.4 Å². The smallest absolute Gasteiger partial charge is 0.141 e. The van der Waals surface area contributed by atoms with E-state index < -0.39 is 0 Å². The second-order valence-corrected chi connectivity index (χ2v) is 5.43. The van der Waals surface area contributed by atoms with E-state index in [4.69, 9.17) is 15.5 Å². The monoisotopic (exact) mass is 293 g/mol. The minimum absolute atomic E-state index is 0.683. The number of nitrogen functional groups attached to an aromatic ring is 1. The molecule has 0 unspecified atom stereocenters. The molecule has 0 aliphatic carbocycles. The number of hydrogen-bond donors (Lipinski definition) is 1. The molecule has 0 bridgehead atoms. The zero-order chi connectivity index (χ0) is 15.7. The molecular formula is C18H19N3O. The Hall–Kier alpha value is -2.75. The zero-order valence-electron chi connectivity index (χ0n) is 12.8. The number of allylic oxidation sites excluding steroid dienone is 1. The summed E-state index contributed by atoms with van der Waals surface area (Å²) in [6, 6.07) is 13.7. The first-order valence-electron chi connectivity index (χ1n) is 7.13. The van der Waals surface area contributed by atoms with Gasteiger partial charge in [-0.3, -0.25) is 0 Å². The van der Waals surface area contributed by atoms with Gasteiger partial charge in [0.1, 0.15) is 17.1 Å². The van der Waals surface area contributed by atoms with E-state index in [9.17, 15) is 0 Å². The number of fused-ring (bicyclic) bond motifs is 1. The van der Waals surface area contributed by atoms with E-state index in [2.05, 4.69) is 11.1 Å². The van der Waals surface area contributed by atoms with Crippen molar-refractivity contribution in [2.45, 2.75) is 13.5 Å². The van der Waals surface area contributed by atoms with Crippen molar-refractivity contribution in [3.8, 4) is 17.1 Å². The van der Waals surface area contributed by atoms with Gasteiger partial charge in [0, 0.05) is 12.1 Å². The van der Waals surface area contributed by atoms with Gasteiger partial charge in [-0.1, -0.05) is 30.4 Å². The minimum atomic E-state index is 0.683. The molecule has 0 aliphatic rings. The standard InChI is InChI=1S/C18H19N3O/c1-12(2)11-21-16-9-5-8-15(19)17(16)20-18(21)13-6-4-7-14(10-13)22-3/h4-10H,1,11,19H2,2-3H3. The summed E-state index contributed by atoms with van der Waals surface area (Å²) in [6.07, 6.45) is 0. The molecule has 4 heteroatoms. The molecule has 0 fully saturated rings. The van der Waals surface area contributed by atoms with Crippen LogP contribution < -0.4 is 10.5 Å². The molecule has 1 heterocycles. The summed E-state index contributed by atoms with van der Waals surface area (Å²) in [5, 5.41) is 0. The van der Waals surface area contributed by atoms with Gasteiger partial charge in [-0.05, 0) is 31.2 Å². The van der Waals surface area contributed by atoms with Gasteiger partial charge >= 0.3 is 0 Å². The van der Waals surface area contributed by atoms with Crippen molar-refractivity contribution in [3.63, 3.8) is 0 Å². The van der Waals surface area contributed by atoms with Gasteiger partial charge in [0.15, 0.2) is 0 Å². The molecule has 112 valence electrons. The lowest BCUT2D eigenvalue weighted by Crippen LogP contribution is -2.01. The molecule has 2 N–H and O–H groups in total. The molecule has 0 spiro atoms. The first-order valence-corrected chi connectivity index (χ1v) is 7.13. The third-order valence-electron chi connectivity index (χ3n) is 3.57. The van der Waals surface area contributed by atoms with Crippen LogP contribution in [0.1, 0.15) is 6.92 Å². The van der Waals surface area contributed by atoms with Gasteiger partial charge in [0.05, 0.1) is 18.3 Å². The number of hydrogen-bond acceptors (Lipinski definition) is 3. The number of benzene rings is 2. The van der Waals surface area contributed by atoms with Crippen LogP contribution in [-0.4, -0.2) is 16.7 Å². The Kier molecular flexibility index (Phi) is 3.59. The Morgan fingerprint density at radius 1 is 1.27 bits per heavy atom. The predicted molar refractivity (Wildman–Crippen MR) is 90.9 cm³/mol. The first kappa shape index (κ1) is 14.2. The summed E-state index contributed by atoms with van der Waals surface area (Å²) in [5.74, 6) is 1.68. The van der Waals surface area contributed by atoms with Crippen LogP contribution in [0.4, 0.5) is 5.69 Å². The second kappa shape index (κ2) is 5.56. The van der Waals surface area contributed by atoms with Gasteiger partial charge < -0.3 is 15.0 Å². The number of para-hydroxylation sites is 1. The average Bonchev–Trinajstić information content (AvgIpc) is 2.87. The van der Waals surface area contributed by atoms with Crippen LogP contribution in [0.25, 0.3) is 22.4 Å². The number of anilines is 1. The molecule has 3 rings (SSSR count). The molecular weight excluding hydrogens is 274 g/mol. The van der Waals surface area contributed by atoms with Gasteiger partial charge in [0.2, 0.25) is 0 Å². The van der Waals surface area contributed by atoms with Crippen molar-refractivity contribution in [2.75, 3.05) is 12.8 Å². The molecule has 0 atom stereocenters. The maximum absolute atomic E-state index is 6.08. The van der Waals surface area contributed by atoms with Crippen LogP contribution in [0.3, 0.4) is 0 Å². The highest BCUT2D eigenvalue weighted by molar-refractivity contribution is 5.90. The topological polar surface area (TPSA) is 53.1 Å². The SMILES string of the molecule is C=C(C)Cn1c(-c2cccc(OC)c2)nc2c(N)cccc21. The molecule has 0 saturated heterocycles. The Labute approximate surface area is 129 Å². The largest absolute Gasteiger partial charge is 0.497 e. The van der Waals surface area contributed by atoms with Crippen molar-refractivity contribution in [1.82, 2.24) is 9.55 Å². The van der Waals surface area contributed by atoms with Crippen molar-refractivity contribution in [1.29, 1.82) is 0 Å². The second-order valence-electron chi connectivity index (χ2n) is 5.43. The third kappa shape index (κ3) is 2.44. The van der Waals surface area contributed by atoms with Gasteiger partial charge in [0.25, 0.3) is 0 Å². The van der Waals surface area contributed by atoms with Gasteiger partial charge in [-0.2, -0.15) is 0 Å². The highest BCUT2D eigenvalue weighted by atomic mass is 16.5. The highest BCUT2D eigenvalue weighted by Gasteiger charge is 2.14. The van der Waals surface area contributed by atoms with Crippen molar-refractivity contribution >= 4 is 16.7 Å². The molecule has 0 saturated carbocycles. The molecule has 0 amide bonds. The van der Waals surface area contributed by atoms with E-state index in [0.717, 1.165) is 33.7 Å². The van der Waals surface area contributed by atoms with Crippen LogP contribution >= 0.6 is 0 Å². The number of imidazole rings is 1. The molecule has 3 aromatic rings. The first-order chi connectivity index (χ1) is 10.6. The zero-order valence-corrected chi connectivity index (χ0v) is 12.8.